The molecule has 0 aromatic rings. The van der Waals surface area contributed by atoms with E-state index in [1.54, 1.807) is 0 Å². The Hall–Kier alpha value is -1.30. The summed E-state index contributed by atoms with van der Waals surface area (Å²) in [6.45, 7) is 0.824. The highest BCUT2D eigenvalue weighted by Gasteiger charge is 2.33. The second kappa shape index (κ2) is 6.75. The first-order valence-corrected chi connectivity index (χ1v) is 7.06. The summed E-state index contributed by atoms with van der Waals surface area (Å²) in [5.74, 6) is -1.00. The standard InChI is InChI=1S/C13H22N2O4/c16-12(17)11-9-19-8-7-15(11)13(18)14-10-5-3-1-2-4-6-10/h10-11H,1-9H2,(H,14,18)(H,16,17). The number of carbonyl (C=O) groups is 2. The van der Waals surface area contributed by atoms with Crippen molar-refractivity contribution in [3.63, 3.8) is 0 Å². The number of hydrogen-bond acceptors (Lipinski definition) is 3. The molecule has 1 aliphatic heterocycles. The molecule has 2 amide bonds. The molecule has 0 bridgehead atoms. The second-order valence-corrected chi connectivity index (χ2v) is 5.26. The van der Waals surface area contributed by atoms with Crippen LogP contribution in [0.3, 0.4) is 0 Å². The Balaban J connectivity index is 1.91. The monoisotopic (exact) mass is 270 g/mol. The fourth-order valence-electron chi connectivity index (χ4n) is 2.73. The van der Waals surface area contributed by atoms with Gasteiger partial charge in [-0.05, 0) is 12.8 Å². The predicted molar refractivity (Wildman–Crippen MR) is 69.0 cm³/mol. The van der Waals surface area contributed by atoms with Crippen molar-refractivity contribution in [3.8, 4) is 0 Å². The summed E-state index contributed by atoms with van der Waals surface area (Å²) in [4.78, 5) is 24.7. The van der Waals surface area contributed by atoms with Gasteiger partial charge in [-0.2, -0.15) is 0 Å². The maximum atomic E-state index is 12.2. The molecular formula is C13H22N2O4. The van der Waals surface area contributed by atoms with Crippen LogP contribution in [-0.4, -0.2) is 53.8 Å². The smallest absolute Gasteiger partial charge is 0.328 e. The Morgan fingerprint density at radius 2 is 1.84 bits per heavy atom. The number of nitrogens with one attached hydrogen (secondary N) is 1. The highest BCUT2D eigenvalue weighted by atomic mass is 16.5. The molecule has 1 atom stereocenters. The molecule has 1 saturated heterocycles. The molecule has 0 spiro atoms. The van der Waals surface area contributed by atoms with Gasteiger partial charge in [-0.3, -0.25) is 0 Å². The fraction of sp³-hybridized carbons (Fsp3) is 0.846. The van der Waals surface area contributed by atoms with E-state index >= 15 is 0 Å². The van der Waals surface area contributed by atoms with Gasteiger partial charge in [0.2, 0.25) is 0 Å². The fourth-order valence-corrected chi connectivity index (χ4v) is 2.73. The number of rotatable bonds is 2. The molecule has 6 heteroatoms. The molecule has 0 radical (unpaired) electrons. The number of carbonyl (C=O) groups excluding carboxylic acids is 1. The Morgan fingerprint density at radius 3 is 2.47 bits per heavy atom. The third-order valence-electron chi connectivity index (χ3n) is 3.86. The zero-order valence-electron chi connectivity index (χ0n) is 11.1. The van der Waals surface area contributed by atoms with Crippen molar-refractivity contribution in [1.82, 2.24) is 10.2 Å². The highest BCUT2D eigenvalue weighted by molar-refractivity contribution is 5.83. The molecule has 2 N–H and O–H groups in total. The van der Waals surface area contributed by atoms with Crippen molar-refractivity contribution in [2.75, 3.05) is 19.8 Å². The topological polar surface area (TPSA) is 78.9 Å². The minimum absolute atomic E-state index is 0.0768. The number of nitrogens with zero attached hydrogens (tertiary/aromatic N) is 1. The van der Waals surface area contributed by atoms with Crippen molar-refractivity contribution in [3.05, 3.63) is 0 Å². The van der Waals surface area contributed by atoms with E-state index in [2.05, 4.69) is 5.32 Å². The molecule has 108 valence electrons. The number of aliphatic carboxylic acids is 1. The molecule has 1 unspecified atom stereocenters. The van der Waals surface area contributed by atoms with Crippen LogP contribution in [0.2, 0.25) is 0 Å². The summed E-state index contributed by atoms with van der Waals surface area (Å²) >= 11 is 0. The van der Waals surface area contributed by atoms with Gasteiger partial charge in [-0.15, -0.1) is 0 Å². The third-order valence-corrected chi connectivity index (χ3v) is 3.86. The van der Waals surface area contributed by atoms with Crippen LogP contribution in [0, 0.1) is 0 Å². The van der Waals surface area contributed by atoms with Crippen molar-refractivity contribution < 1.29 is 19.4 Å². The van der Waals surface area contributed by atoms with Crippen molar-refractivity contribution in [2.24, 2.45) is 0 Å². The minimum Gasteiger partial charge on any atom is -0.480 e. The molecule has 2 aliphatic rings. The molecular weight excluding hydrogens is 248 g/mol. The first-order valence-electron chi connectivity index (χ1n) is 7.06. The van der Waals surface area contributed by atoms with Crippen molar-refractivity contribution in [1.29, 1.82) is 0 Å². The van der Waals surface area contributed by atoms with Gasteiger partial charge >= 0.3 is 12.0 Å². The Labute approximate surface area is 113 Å². The Kier molecular flexibility index (Phi) is 5.01. The van der Waals surface area contributed by atoms with E-state index in [-0.39, 0.29) is 18.7 Å². The van der Waals surface area contributed by atoms with Crippen LogP contribution in [0.5, 0.6) is 0 Å². The zero-order valence-corrected chi connectivity index (χ0v) is 11.1. The van der Waals surface area contributed by atoms with Gasteiger partial charge in [0.25, 0.3) is 0 Å². The number of morpholine rings is 1. The van der Waals surface area contributed by atoms with Gasteiger partial charge in [0, 0.05) is 12.6 Å². The zero-order chi connectivity index (χ0) is 13.7. The lowest BCUT2D eigenvalue weighted by Crippen LogP contribution is -2.57. The summed E-state index contributed by atoms with van der Waals surface area (Å²) in [6, 6.07) is -0.936. The van der Waals surface area contributed by atoms with Gasteiger partial charge in [0.05, 0.1) is 13.2 Å². The number of amides is 2. The first kappa shape index (κ1) is 14.1. The largest absolute Gasteiger partial charge is 0.480 e. The molecule has 0 aromatic heterocycles. The van der Waals surface area contributed by atoms with E-state index in [1.807, 2.05) is 0 Å². The number of ether oxygens (including phenoxy) is 1. The van der Waals surface area contributed by atoms with E-state index in [4.69, 9.17) is 9.84 Å². The number of carboxylic acid groups (broad SMARTS) is 1. The van der Waals surface area contributed by atoms with Crippen LogP contribution < -0.4 is 5.32 Å². The normalized spacial score (nSPS) is 25.7. The third kappa shape index (κ3) is 3.83. The SMILES string of the molecule is O=C(O)C1COCCN1C(=O)NC1CCCCCC1. The Morgan fingerprint density at radius 1 is 1.16 bits per heavy atom. The number of urea groups is 1. The number of carboxylic acids is 1. The van der Waals surface area contributed by atoms with Crippen LogP contribution in [-0.2, 0) is 9.53 Å². The summed E-state index contributed by atoms with van der Waals surface area (Å²) in [5.41, 5.74) is 0. The number of hydrogen-bond donors (Lipinski definition) is 2. The van der Waals surface area contributed by atoms with E-state index in [0.717, 1.165) is 25.7 Å². The van der Waals surface area contributed by atoms with E-state index < -0.39 is 12.0 Å². The lowest BCUT2D eigenvalue weighted by atomic mass is 10.1. The van der Waals surface area contributed by atoms with Crippen LogP contribution in [0.1, 0.15) is 38.5 Å². The van der Waals surface area contributed by atoms with E-state index in [1.165, 1.54) is 17.7 Å². The van der Waals surface area contributed by atoms with Gasteiger partial charge in [0.1, 0.15) is 0 Å². The van der Waals surface area contributed by atoms with Crippen LogP contribution >= 0.6 is 0 Å². The minimum atomic E-state index is -1.00. The summed E-state index contributed by atoms with van der Waals surface area (Å²) in [7, 11) is 0. The summed E-state index contributed by atoms with van der Waals surface area (Å²) in [6.07, 6.45) is 6.71. The first-order chi connectivity index (χ1) is 9.18. The molecule has 6 nitrogen and oxygen atoms in total. The van der Waals surface area contributed by atoms with Gasteiger partial charge < -0.3 is 20.1 Å². The van der Waals surface area contributed by atoms with Gasteiger partial charge in [0.15, 0.2) is 6.04 Å². The van der Waals surface area contributed by atoms with E-state index in [9.17, 15) is 9.59 Å². The van der Waals surface area contributed by atoms with Crippen LogP contribution in [0.25, 0.3) is 0 Å². The Bertz CT molecular complexity index is 327. The van der Waals surface area contributed by atoms with Gasteiger partial charge in [-0.1, -0.05) is 25.7 Å². The average molecular weight is 270 g/mol. The molecule has 2 fully saturated rings. The maximum absolute atomic E-state index is 12.2. The van der Waals surface area contributed by atoms with Crippen molar-refractivity contribution in [2.45, 2.75) is 50.6 Å². The molecule has 1 aliphatic carbocycles. The lowest BCUT2D eigenvalue weighted by Gasteiger charge is -2.34. The van der Waals surface area contributed by atoms with Crippen LogP contribution in [0.15, 0.2) is 0 Å². The van der Waals surface area contributed by atoms with E-state index in [0.29, 0.717) is 13.2 Å². The summed E-state index contributed by atoms with van der Waals surface area (Å²) < 4.78 is 5.13. The molecule has 1 saturated carbocycles. The van der Waals surface area contributed by atoms with Gasteiger partial charge in [-0.25, -0.2) is 9.59 Å². The lowest BCUT2D eigenvalue weighted by molar-refractivity contribution is -0.147. The molecule has 0 aromatic carbocycles. The molecule has 2 rings (SSSR count). The van der Waals surface area contributed by atoms with Crippen LogP contribution in [0.4, 0.5) is 4.79 Å². The summed E-state index contributed by atoms with van der Waals surface area (Å²) in [5, 5.41) is 12.1. The second-order valence-electron chi connectivity index (χ2n) is 5.26. The predicted octanol–water partition coefficient (Wildman–Crippen LogP) is 1.20. The molecule has 19 heavy (non-hydrogen) atoms. The quantitative estimate of drug-likeness (QED) is 0.739. The maximum Gasteiger partial charge on any atom is 0.328 e. The average Bonchev–Trinajstić information content (AvgIpc) is 2.67. The van der Waals surface area contributed by atoms with Crippen molar-refractivity contribution >= 4 is 12.0 Å². The highest BCUT2D eigenvalue weighted by Crippen LogP contribution is 2.18. The molecule has 1 heterocycles.